The van der Waals surface area contributed by atoms with E-state index in [2.05, 4.69) is 12.1 Å². The Morgan fingerprint density at radius 2 is 1.66 bits per heavy atom. The lowest BCUT2D eigenvalue weighted by molar-refractivity contribution is -0.384. The second kappa shape index (κ2) is 12.6. The summed E-state index contributed by atoms with van der Waals surface area (Å²) in [4.78, 5) is 42.8. The molecule has 0 N–H and O–H groups in total. The summed E-state index contributed by atoms with van der Waals surface area (Å²) in [7, 11) is 0. The molecular formula is C27H26N2O5S. The molecule has 0 saturated carbocycles. The first-order valence-corrected chi connectivity index (χ1v) is 12.1. The molecular weight excluding hydrogens is 464 g/mol. The Hall–Kier alpha value is -3.78. The number of benzene rings is 3. The summed E-state index contributed by atoms with van der Waals surface area (Å²) in [6, 6.07) is 20.3. The molecule has 3 aromatic carbocycles. The average molecular weight is 491 g/mol. The van der Waals surface area contributed by atoms with Crippen LogP contribution in [0.2, 0.25) is 0 Å². The summed E-state index contributed by atoms with van der Waals surface area (Å²) in [5.74, 6) is -0.885. The summed E-state index contributed by atoms with van der Waals surface area (Å²) in [6.07, 6.45) is 3.09. The van der Waals surface area contributed by atoms with Crippen LogP contribution in [0.5, 0.6) is 0 Å². The Bertz CT molecular complexity index is 1220. The van der Waals surface area contributed by atoms with Gasteiger partial charge in [0.05, 0.1) is 10.5 Å². The molecule has 180 valence electrons. The number of carbonyl (C=O) groups is 2. The van der Waals surface area contributed by atoms with Gasteiger partial charge in [0.1, 0.15) is 5.71 Å². The van der Waals surface area contributed by atoms with Gasteiger partial charge in [-0.25, -0.2) is 4.79 Å². The maximum absolute atomic E-state index is 13.3. The van der Waals surface area contributed by atoms with Gasteiger partial charge in [-0.15, -0.1) is 0 Å². The largest absolute Gasteiger partial charge is 0.365 e. The van der Waals surface area contributed by atoms with Crippen LogP contribution in [0.3, 0.4) is 0 Å². The summed E-state index contributed by atoms with van der Waals surface area (Å²) < 4.78 is 0. The molecule has 8 heteroatoms. The zero-order valence-corrected chi connectivity index (χ0v) is 20.4. The maximum Gasteiger partial charge on any atom is 0.365 e. The van der Waals surface area contributed by atoms with E-state index in [4.69, 9.17) is 4.84 Å². The lowest BCUT2D eigenvalue weighted by Gasteiger charge is -2.10. The molecule has 3 rings (SSSR count). The van der Waals surface area contributed by atoms with Crippen molar-refractivity contribution >= 4 is 34.9 Å². The van der Waals surface area contributed by atoms with Crippen LogP contribution in [0.1, 0.15) is 58.9 Å². The van der Waals surface area contributed by atoms with Crippen LogP contribution in [-0.4, -0.2) is 22.4 Å². The van der Waals surface area contributed by atoms with Gasteiger partial charge >= 0.3 is 5.97 Å². The number of rotatable bonds is 11. The van der Waals surface area contributed by atoms with E-state index in [1.54, 1.807) is 48.5 Å². The van der Waals surface area contributed by atoms with Gasteiger partial charge < -0.3 is 4.84 Å². The average Bonchev–Trinajstić information content (AvgIpc) is 2.86. The number of carbonyl (C=O) groups excluding carboxylic acids is 2. The van der Waals surface area contributed by atoms with Gasteiger partial charge in [0.15, 0.2) is 0 Å². The Balaban J connectivity index is 1.77. The van der Waals surface area contributed by atoms with Gasteiger partial charge in [-0.05, 0) is 67.8 Å². The number of ketones is 1. The van der Waals surface area contributed by atoms with Crippen molar-refractivity contribution in [3.8, 4) is 0 Å². The van der Waals surface area contributed by atoms with Crippen molar-refractivity contribution in [1.82, 2.24) is 0 Å². The van der Waals surface area contributed by atoms with E-state index in [1.165, 1.54) is 23.9 Å². The zero-order chi connectivity index (χ0) is 25.2. The second-order valence-electron chi connectivity index (χ2n) is 7.90. The van der Waals surface area contributed by atoms with Crippen molar-refractivity contribution in [1.29, 1.82) is 0 Å². The van der Waals surface area contributed by atoms with E-state index in [-0.39, 0.29) is 17.2 Å². The Labute approximate surface area is 208 Å². The third-order valence-corrected chi connectivity index (χ3v) is 6.25. The molecule has 3 aromatic rings. The lowest BCUT2D eigenvalue weighted by Crippen LogP contribution is -2.17. The van der Waals surface area contributed by atoms with Crippen molar-refractivity contribution < 1.29 is 19.3 Å². The van der Waals surface area contributed by atoms with Crippen molar-refractivity contribution in [2.45, 2.75) is 49.3 Å². The predicted molar refractivity (Wildman–Crippen MR) is 136 cm³/mol. The molecule has 0 aromatic heterocycles. The van der Waals surface area contributed by atoms with Crippen LogP contribution in [0, 0.1) is 17.0 Å². The molecule has 0 aliphatic heterocycles. The van der Waals surface area contributed by atoms with Crippen LogP contribution < -0.4 is 0 Å². The van der Waals surface area contributed by atoms with Crippen LogP contribution in [0.4, 0.5) is 5.69 Å². The Morgan fingerprint density at radius 1 is 0.971 bits per heavy atom. The van der Waals surface area contributed by atoms with Crippen LogP contribution in [-0.2, 0) is 4.84 Å². The van der Waals surface area contributed by atoms with Gasteiger partial charge in [0.25, 0.3) is 5.69 Å². The minimum Gasteiger partial charge on any atom is -0.312 e. The van der Waals surface area contributed by atoms with E-state index in [9.17, 15) is 19.7 Å². The maximum atomic E-state index is 13.3. The smallest absolute Gasteiger partial charge is 0.312 e. The van der Waals surface area contributed by atoms with E-state index in [0.717, 1.165) is 34.6 Å². The van der Waals surface area contributed by atoms with Crippen LogP contribution in [0.25, 0.3) is 0 Å². The number of nitro groups is 1. The highest BCUT2D eigenvalue weighted by molar-refractivity contribution is 7.99. The molecule has 0 aliphatic carbocycles. The minimum atomic E-state index is -0.613. The highest BCUT2D eigenvalue weighted by Gasteiger charge is 2.19. The monoisotopic (exact) mass is 490 g/mol. The molecule has 0 fully saturated rings. The molecule has 0 spiro atoms. The number of aryl methyl sites for hydroxylation is 1. The van der Waals surface area contributed by atoms with Crippen molar-refractivity contribution in [2.24, 2.45) is 5.16 Å². The van der Waals surface area contributed by atoms with E-state index < -0.39 is 10.9 Å². The SMILES string of the molecule is CCCCCC(=NOC(=O)c1ccccc1)C(=O)c1ccc(Sc2ccc([N+](=O)[O-])cc2)cc1C. The van der Waals surface area contributed by atoms with Gasteiger partial charge in [-0.2, -0.15) is 0 Å². The Kier molecular flexibility index (Phi) is 9.31. The van der Waals surface area contributed by atoms with Crippen molar-refractivity contribution in [3.63, 3.8) is 0 Å². The van der Waals surface area contributed by atoms with Gasteiger partial charge in [0, 0.05) is 27.5 Å². The Morgan fingerprint density at radius 3 is 2.29 bits per heavy atom. The normalized spacial score (nSPS) is 11.2. The molecule has 0 bridgehead atoms. The summed E-state index contributed by atoms with van der Waals surface area (Å²) in [5, 5.41) is 14.8. The third kappa shape index (κ3) is 7.35. The third-order valence-electron chi connectivity index (χ3n) is 5.25. The van der Waals surface area contributed by atoms with E-state index >= 15 is 0 Å². The van der Waals surface area contributed by atoms with Crippen molar-refractivity contribution in [2.75, 3.05) is 0 Å². The first-order valence-electron chi connectivity index (χ1n) is 11.3. The minimum absolute atomic E-state index is 0.0364. The molecule has 0 amide bonds. The number of unbranched alkanes of at least 4 members (excludes halogenated alkanes) is 2. The first kappa shape index (κ1) is 25.8. The standard InChI is InChI=1S/C27H26N2O5S/c1-3-4-6-11-25(28-34-27(31)20-9-7-5-8-10-20)26(30)24-17-16-23(18-19(24)2)35-22-14-12-21(13-15-22)29(32)33/h5,7-10,12-18H,3-4,6,11H2,1-2H3. The quantitative estimate of drug-likeness (QED) is 0.0714. The van der Waals surface area contributed by atoms with Crippen LogP contribution in [0.15, 0.2) is 87.7 Å². The molecule has 0 unspecified atom stereocenters. The fourth-order valence-electron chi connectivity index (χ4n) is 3.35. The van der Waals surface area contributed by atoms with Gasteiger partial charge in [-0.3, -0.25) is 14.9 Å². The zero-order valence-electron chi connectivity index (χ0n) is 19.6. The van der Waals surface area contributed by atoms with Crippen molar-refractivity contribution in [3.05, 3.63) is 99.6 Å². The molecule has 35 heavy (non-hydrogen) atoms. The highest BCUT2D eigenvalue weighted by atomic mass is 32.2. The lowest BCUT2D eigenvalue weighted by atomic mass is 9.98. The first-order chi connectivity index (χ1) is 16.9. The molecule has 0 saturated heterocycles. The second-order valence-corrected chi connectivity index (χ2v) is 9.05. The number of Topliss-reactive ketones (excluding diaryl/α,β-unsaturated/α-hetero) is 1. The fourth-order valence-corrected chi connectivity index (χ4v) is 4.26. The van der Waals surface area contributed by atoms with E-state index in [0.29, 0.717) is 17.5 Å². The summed E-state index contributed by atoms with van der Waals surface area (Å²) in [6.45, 7) is 3.91. The summed E-state index contributed by atoms with van der Waals surface area (Å²) in [5.41, 5.74) is 1.86. The molecule has 7 nitrogen and oxygen atoms in total. The fraction of sp³-hybridized carbons (Fsp3) is 0.222. The number of nitro benzene ring substituents is 1. The number of hydrogen-bond acceptors (Lipinski definition) is 7. The van der Waals surface area contributed by atoms with Gasteiger partial charge in [0.2, 0.25) is 5.78 Å². The van der Waals surface area contributed by atoms with E-state index in [1.807, 2.05) is 19.1 Å². The van der Waals surface area contributed by atoms with Gasteiger partial charge in [-0.1, -0.05) is 54.9 Å². The highest BCUT2D eigenvalue weighted by Crippen LogP contribution is 2.30. The molecule has 0 radical (unpaired) electrons. The molecule has 0 aliphatic rings. The predicted octanol–water partition coefficient (Wildman–Crippen LogP) is 7.03. The molecule has 0 atom stereocenters. The number of non-ortho nitro benzene ring substituents is 1. The number of nitrogens with zero attached hydrogens (tertiary/aromatic N) is 2. The number of oxime groups is 1. The topological polar surface area (TPSA) is 98.9 Å². The summed E-state index contributed by atoms with van der Waals surface area (Å²) >= 11 is 1.45. The number of hydrogen-bond donors (Lipinski definition) is 0. The molecule has 0 heterocycles. The van der Waals surface area contributed by atoms with Crippen LogP contribution >= 0.6 is 11.8 Å².